The summed E-state index contributed by atoms with van der Waals surface area (Å²) in [5, 5.41) is 4.24. The van der Waals surface area contributed by atoms with E-state index >= 15 is 0 Å². The highest BCUT2D eigenvalue weighted by Crippen LogP contribution is 2.37. The summed E-state index contributed by atoms with van der Waals surface area (Å²) in [4.78, 5) is 14.9. The molecule has 1 aromatic heterocycles. The Balaban J connectivity index is 1.71. The molecule has 2 heterocycles. The van der Waals surface area contributed by atoms with Crippen LogP contribution in [0.2, 0.25) is 0 Å². The Morgan fingerprint density at radius 1 is 1.52 bits per heavy atom. The zero-order valence-electron chi connectivity index (χ0n) is 14.1. The number of aryl methyl sites for hydroxylation is 1. The molecule has 2 aliphatic rings. The highest BCUT2D eigenvalue weighted by atomic mass is 16.5. The van der Waals surface area contributed by atoms with Crippen molar-refractivity contribution in [3.05, 3.63) is 30.6 Å². The van der Waals surface area contributed by atoms with E-state index in [0.29, 0.717) is 18.4 Å². The van der Waals surface area contributed by atoms with Gasteiger partial charge in [0.05, 0.1) is 24.9 Å². The number of ether oxygens (including phenoxy) is 1. The Hall–Kier alpha value is -1.62. The molecule has 23 heavy (non-hydrogen) atoms. The second-order valence-electron chi connectivity index (χ2n) is 7.05. The predicted octanol–water partition coefficient (Wildman–Crippen LogP) is 2.18. The van der Waals surface area contributed by atoms with Gasteiger partial charge in [-0.05, 0) is 37.2 Å². The summed E-state index contributed by atoms with van der Waals surface area (Å²) in [6, 6.07) is 0.113. The number of hydrogen-bond donors (Lipinski definition) is 0. The lowest BCUT2D eigenvalue weighted by atomic mass is 9.75. The van der Waals surface area contributed by atoms with Crippen LogP contribution in [-0.4, -0.2) is 45.9 Å². The molecule has 5 heteroatoms. The maximum Gasteiger partial charge on any atom is 0.226 e. The van der Waals surface area contributed by atoms with Crippen molar-refractivity contribution in [1.82, 2.24) is 14.7 Å². The summed E-state index contributed by atoms with van der Waals surface area (Å²) in [6.07, 6.45) is 9.57. The van der Waals surface area contributed by atoms with Crippen LogP contribution >= 0.6 is 0 Å². The average molecular weight is 317 g/mol. The first-order valence-electron chi connectivity index (χ1n) is 8.59. The molecular weight excluding hydrogens is 290 g/mol. The van der Waals surface area contributed by atoms with Gasteiger partial charge in [-0.2, -0.15) is 5.10 Å². The van der Waals surface area contributed by atoms with E-state index in [2.05, 4.69) is 23.5 Å². The minimum Gasteiger partial charge on any atom is -0.372 e. The van der Waals surface area contributed by atoms with Crippen LogP contribution in [0.1, 0.15) is 31.7 Å². The van der Waals surface area contributed by atoms with Crippen LogP contribution in [0.25, 0.3) is 0 Å². The number of carbonyl (C=O) groups excluding carboxylic acids is 1. The van der Waals surface area contributed by atoms with E-state index in [1.165, 1.54) is 0 Å². The number of aromatic nitrogens is 2. The molecule has 1 saturated carbocycles. The SMILES string of the molecule is C=CCO[C@@H]1CCN(C(=O)C2CC(C)C2)[C@H]1Cc1cnn(C)c1. The summed E-state index contributed by atoms with van der Waals surface area (Å²) in [7, 11) is 1.92. The summed E-state index contributed by atoms with van der Waals surface area (Å²) in [6.45, 7) is 7.29. The van der Waals surface area contributed by atoms with Gasteiger partial charge >= 0.3 is 0 Å². The molecule has 1 amide bonds. The first kappa shape index (κ1) is 16.2. The van der Waals surface area contributed by atoms with Gasteiger partial charge in [-0.1, -0.05) is 13.0 Å². The zero-order valence-corrected chi connectivity index (χ0v) is 14.1. The molecular formula is C18H27N3O2. The molecule has 1 saturated heterocycles. The van der Waals surface area contributed by atoms with Crippen LogP contribution in [0.4, 0.5) is 0 Å². The number of amides is 1. The van der Waals surface area contributed by atoms with Crippen molar-refractivity contribution in [2.75, 3.05) is 13.2 Å². The molecule has 0 bridgehead atoms. The summed E-state index contributed by atoms with van der Waals surface area (Å²) in [5.74, 6) is 1.23. The number of rotatable bonds is 6. The monoisotopic (exact) mass is 317 g/mol. The normalized spacial score (nSPS) is 30.3. The fourth-order valence-corrected chi connectivity index (χ4v) is 3.88. The zero-order chi connectivity index (χ0) is 16.4. The summed E-state index contributed by atoms with van der Waals surface area (Å²) < 4.78 is 7.75. The third kappa shape index (κ3) is 3.50. The number of hydrogen-bond acceptors (Lipinski definition) is 3. The molecule has 1 aromatic rings. The van der Waals surface area contributed by atoms with Crippen molar-refractivity contribution in [3.63, 3.8) is 0 Å². The Morgan fingerprint density at radius 3 is 2.91 bits per heavy atom. The van der Waals surface area contributed by atoms with E-state index in [4.69, 9.17) is 4.74 Å². The van der Waals surface area contributed by atoms with E-state index in [0.717, 1.165) is 37.8 Å². The fourth-order valence-electron chi connectivity index (χ4n) is 3.88. The lowest BCUT2D eigenvalue weighted by Gasteiger charge is -2.37. The molecule has 1 aliphatic carbocycles. The molecule has 3 rings (SSSR count). The van der Waals surface area contributed by atoms with Gasteiger partial charge in [-0.25, -0.2) is 0 Å². The minimum atomic E-state index is 0.0923. The van der Waals surface area contributed by atoms with Gasteiger partial charge in [0.2, 0.25) is 5.91 Å². The van der Waals surface area contributed by atoms with Gasteiger partial charge in [-0.15, -0.1) is 6.58 Å². The topological polar surface area (TPSA) is 47.4 Å². The number of carbonyl (C=O) groups is 1. The van der Waals surface area contributed by atoms with E-state index < -0.39 is 0 Å². The number of likely N-dealkylation sites (tertiary alicyclic amines) is 1. The lowest BCUT2D eigenvalue weighted by Crippen LogP contribution is -2.47. The lowest BCUT2D eigenvalue weighted by molar-refractivity contribution is -0.141. The Morgan fingerprint density at radius 2 is 2.30 bits per heavy atom. The van der Waals surface area contributed by atoms with Crippen molar-refractivity contribution in [2.24, 2.45) is 18.9 Å². The smallest absolute Gasteiger partial charge is 0.226 e. The van der Waals surface area contributed by atoms with Gasteiger partial charge in [0.1, 0.15) is 0 Å². The van der Waals surface area contributed by atoms with Gasteiger partial charge in [-0.3, -0.25) is 9.48 Å². The Kier molecular flexibility index (Phi) is 4.85. The molecule has 5 nitrogen and oxygen atoms in total. The largest absolute Gasteiger partial charge is 0.372 e. The van der Waals surface area contributed by atoms with Crippen molar-refractivity contribution in [2.45, 2.75) is 44.8 Å². The molecule has 1 aliphatic heterocycles. The van der Waals surface area contributed by atoms with Gasteiger partial charge in [0.15, 0.2) is 0 Å². The maximum atomic E-state index is 12.8. The molecule has 126 valence electrons. The molecule has 2 fully saturated rings. The minimum absolute atomic E-state index is 0.0923. The van der Waals surface area contributed by atoms with Crippen LogP contribution in [0, 0.1) is 11.8 Å². The quantitative estimate of drug-likeness (QED) is 0.756. The highest BCUT2D eigenvalue weighted by molar-refractivity contribution is 5.80. The molecule has 0 unspecified atom stereocenters. The van der Waals surface area contributed by atoms with E-state index in [1.807, 2.05) is 24.1 Å². The predicted molar refractivity (Wildman–Crippen MR) is 88.9 cm³/mol. The first-order chi connectivity index (χ1) is 11.1. The second-order valence-corrected chi connectivity index (χ2v) is 7.05. The van der Waals surface area contributed by atoms with Gasteiger partial charge < -0.3 is 9.64 Å². The van der Waals surface area contributed by atoms with Crippen LogP contribution in [0.15, 0.2) is 25.0 Å². The molecule has 0 spiro atoms. The van der Waals surface area contributed by atoms with Crippen LogP contribution in [0.3, 0.4) is 0 Å². The van der Waals surface area contributed by atoms with Gasteiger partial charge in [0, 0.05) is 25.7 Å². The third-order valence-electron chi connectivity index (χ3n) is 5.12. The second kappa shape index (κ2) is 6.87. The standard InChI is InChI=1S/C18H27N3O2/c1-4-7-23-17-5-6-21(18(22)15-8-13(2)9-15)16(17)10-14-11-19-20(3)12-14/h4,11-13,15-17H,1,5-10H2,2-3H3/t13?,15?,16-,17+/m0/s1. The third-order valence-corrected chi connectivity index (χ3v) is 5.12. The molecule has 0 aromatic carbocycles. The first-order valence-corrected chi connectivity index (χ1v) is 8.59. The molecule has 2 atom stereocenters. The average Bonchev–Trinajstić information content (AvgIpc) is 3.08. The van der Waals surface area contributed by atoms with Gasteiger partial charge in [0.25, 0.3) is 0 Å². The van der Waals surface area contributed by atoms with E-state index in [9.17, 15) is 4.79 Å². The highest BCUT2D eigenvalue weighted by Gasteiger charge is 2.42. The molecule has 0 N–H and O–H groups in total. The molecule has 0 radical (unpaired) electrons. The van der Waals surface area contributed by atoms with Crippen LogP contribution < -0.4 is 0 Å². The van der Waals surface area contributed by atoms with Crippen LogP contribution in [0.5, 0.6) is 0 Å². The van der Waals surface area contributed by atoms with E-state index in [1.54, 1.807) is 6.08 Å². The Labute approximate surface area is 138 Å². The van der Waals surface area contributed by atoms with Crippen molar-refractivity contribution < 1.29 is 9.53 Å². The van der Waals surface area contributed by atoms with Crippen molar-refractivity contribution in [3.8, 4) is 0 Å². The maximum absolute atomic E-state index is 12.8. The number of nitrogens with zero attached hydrogens (tertiary/aromatic N) is 3. The van der Waals surface area contributed by atoms with Crippen molar-refractivity contribution in [1.29, 1.82) is 0 Å². The summed E-state index contributed by atoms with van der Waals surface area (Å²) in [5.41, 5.74) is 1.16. The van der Waals surface area contributed by atoms with E-state index in [-0.39, 0.29) is 18.1 Å². The fraction of sp³-hybridized carbons (Fsp3) is 0.667. The van der Waals surface area contributed by atoms with Crippen LogP contribution in [-0.2, 0) is 23.0 Å². The summed E-state index contributed by atoms with van der Waals surface area (Å²) >= 11 is 0. The Bertz CT molecular complexity index is 562. The van der Waals surface area contributed by atoms with Crippen molar-refractivity contribution >= 4 is 5.91 Å².